The third-order valence-corrected chi connectivity index (χ3v) is 2.94. The van der Waals surface area contributed by atoms with Crippen molar-refractivity contribution in [2.24, 2.45) is 0 Å². The second-order valence-corrected chi connectivity index (χ2v) is 4.07. The van der Waals surface area contributed by atoms with Crippen LogP contribution in [0.25, 0.3) is 0 Å². The Bertz CT molecular complexity index is 350. The first-order chi connectivity index (χ1) is 8.71. The number of nitrogens with zero attached hydrogens (tertiary/aromatic N) is 1. The third kappa shape index (κ3) is 4.37. The summed E-state index contributed by atoms with van der Waals surface area (Å²) in [6, 6.07) is 9.37. The second kappa shape index (κ2) is 7.71. The number of ether oxygens (including phenoxy) is 1. The highest BCUT2D eigenvalue weighted by Crippen LogP contribution is 2.09. The number of para-hydroxylation sites is 1. The molecule has 0 aliphatic carbocycles. The van der Waals surface area contributed by atoms with Crippen molar-refractivity contribution in [2.45, 2.75) is 19.9 Å². The molecule has 0 heterocycles. The first-order valence-corrected chi connectivity index (χ1v) is 6.33. The molecule has 1 aromatic rings. The van der Waals surface area contributed by atoms with Crippen molar-refractivity contribution in [1.29, 1.82) is 0 Å². The van der Waals surface area contributed by atoms with E-state index in [4.69, 9.17) is 4.74 Å². The summed E-state index contributed by atoms with van der Waals surface area (Å²) in [5, 5.41) is 3.21. The minimum atomic E-state index is -0.336. The van der Waals surface area contributed by atoms with Gasteiger partial charge in [0.05, 0.1) is 7.11 Å². The summed E-state index contributed by atoms with van der Waals surface area (Å²) < 4.78 is 4.85. The maximum atomic E-state index is 11.8. The molecule has 0 bridgehead atoms. The van der Waals surface area contributed by atoms with Crippen LogP contribution in [0.4, 0.5) is 5.69 Å². The fraction of sp³-hybridized carbons (Fsp3) is 0.500. The van der Waals surface area contributed by atoms with Gasteiger partial charge in [-0.25, -0.2) is 4.79 Å². The van der Waals surface area contributed by atoms with Crippen LogP contribution in [0.15, 0.2) is 30.3 Å². The molecule has 1 rings (SSSR count). The Labute approximate surface area is 109 Å². The van der Waals surface area contributed by atoms with Gasteiger partial charge in [0, 0.05) is 12.2 Å². The lowest BCUT2D eigenvalue weighted by molar-refractivity contribution is -0.141. The predicted molar refractivity (Wildman–Crippen MR) is 73.7 cm³/mol. The summed E-state index contributed by atoms with van der Waals surface area (Å²) >= 11 is 0. The van der Waals surface area contributed by atoms with Gasteiger partial charge >= 0.3 is 5.97 Å². The Balaban J connectivity index is 2.69. The number of nitrogens with one attached hydrogen (secondary N) is 1. The van der Waals surface area contributed by atoms with Crippen LogP contribution in [0.2, 0.25) is 0 Å². The summed E-state index contributed by atoms with van der Waals surface area (Å²) in [4.78, 5) is 14.0. The number of esters is 1. The fourth-order valence-electron chi connectivity index (χ4n) is 1.80. The summed E-state index contributed by atoms with van der Waals surface area (Å²) in [5.74, 6) is -0.231. The van der Waals surface area contributed by atoms with Gasteiger partial charge in [-0.05, 0) is 25.2 Å². The molecule has 1 N–H and O–H groups in total. The molecule has 0 radical (unpaired) electrons. The molecule has 0 saturated carbocycles. The van der Waals surface area contributed by atoms with E-state index in [9.17, 15) is 4.79 Å². The van der Waals surface area contributed by atoms with Crippen molar-refractivity contribution in [3.05, 3.63) is 30.3 Å². The number of methoxy groups -OCH3 is 1. The summed E-state index contributed by atoms with van der Waals surface area (Å²) in [5.41, 5.74) is 0.931. The van der Waals surface area contributed by atoms with Gasteiger partial charge in [-0.2, -0.15) is 0 Å². The molecule has 0 saturated heterocycles. The highest BCUT2D eigenvalue weighted by molar-refractivity contribution is 5.79. The normalized spacial score (nSPS) is 12.2. The van der Waals surface area contributed by atoms with Gasteiger partial charge in [-0.15, -0.1) is 0 Å². The van der Waals surface area contributed by atoms with E-state index in [1.165, 1.54) is 7.11 Å². The summed E-state index contributed by atoms with van der Waals surface area (Å²) in [6.45, 7) is 6.65. The highest BCUT2D eigenvalue weighted by Gasteiger charge is 2.21. The van der Waals surface area contributed by atoms with Crippen molar-refractivity contribution >= 4 is 11.7 Å². The second-order valence-electron chi connectivity index (χ2n) is 4.07. The molecule has 1 aromatic carbocycles. The fourth-order valence-corrected chi connectivity index (χ4v) is 1.80. The van der Waals surface area contributed by atoms with Crippen LogP contribution >= 0.6 is 0 Å². The quantitative estimate of drug-likeness (QED) is 0.751. The first kappa shape index (κ1) is 14.5. The number of likely N-dealkylation sites (N-methyl/N-ethyl adjacent to an activating group) is 1. The van der Waals surface area contributed by atoms with E-state index in [1.807, 2.05) is 30.3 Å². The van der Waals surface area contributed by atoms with Crippen LogP contribution < -0.4 is 5.32 Å². The molecule has 18 heavy (non-hydrogen) atoms. The lowest BCUT2D eigenvalue weighted by atomic mass is 10.2. The lowest BCUT2D eigenvalue weighted by Crippen LogP contribution is -2.42. The molecule has 0 aliphatic heterocycles. The number of rotatable bonds is 7. The highest BCUT2D eigenvalue weighted by atomic mass is 16.5. The molecule has 100 valence electrons. The van der Waals surface area contributed by atoms with E-state index in [2.05, 4.69) is 24.1 Å². The molecule has 0 spiro atoms. The monoisotopic (exact) mass is 250 g/mol. The minimum Gasteiger partial charge on any atom is -0.467 e. The standard InChI is InChI=1S/C14H22N2O2/c1-4-16(5-2)11-13(14(17)18-3)15-12-9-7-6-8-10-12/h6-10,13,15H,4-5,11H2,1-3H3/t13-/m0/s1. The number of anilines is 1. The molecule has 4 heteroatoms. The van der Waals surface area contributed by atoms with Crippen molar-refractivity contribution in [1.82, 2.24) is 4.90 Å². The Morgan fingerprint density at radius 3 is 2.39 bits per heavy atom. The molecular weight excluding hydrogens is 228 g/mol. The van der Waals surface area contributed by atoms with E-state index < -0.39 is 0 Å². The lowest BCUT2D eigenvalue weighted by Gasteiger charge is -2.25. The number of carbonyl (C=O) groups excluding carboxylic acids is 1. The maximum Gasteiger partial charge on any atom is 0.329 e. The molecule has 0 aliphatic rings. The Morgan fingerprint density at radius 2 is 1.89 bits per heavy atom. The topological polar surface area (TPSA) is 41.6 Å². The summed E-state index contributed by atoms with van der Waals surface area (Å²) in [6.07, 6.45) is 0. The smallest absolute Gasteiger partial charge is 0.329 e. The van der Waals surface area contributed by atoms with E-state index in [1.54, 1.807) is 0 Å². The van der Waals surface area contributed by atoms with Crippen LogP contribution in [0.1, 0.15) is 13.8 Å². The number of carbonyl (C=O) groups is 1. The molecule has 0 fully saturated rings. The zero-order valence-corrected chi connectivity index (χ0v) is 11.3. The average Bonchev–Trinajstić information content (AvgIpc) is 2.43. The van der Waals surface area contributed by atoms with Crippen molar-refractivity contribution in [3.8, 4) is 0 Å². The van der Waals surface area contributed by atoms with Gasteiger partial charge in [0.1, 0.15) is 6.04 Å². The molecule has 0 amide bonds. The number of hydrogen-bond donors (Lipinski definition) is 1. The van der Waals surface area contributed by atoms with Crippen LogP contribution in [0.5, 0.6) is 0 Å². The molecular formula is C14H22N2O2. The van der Waals surface area contributed by atoms with E-state index >= 15 is 0 Å². The van der Waals surface area contributed by atoms with Gasteiger partial charge in [0.2, 0.25) is 0 Å². The van der Waals surface area contributed by atoms with Crippen LogP contribution in [0, 0.1) is 0 Å². The van der Waals surface area contributed by atoms with Gasteiger partial charge in [0.25, 0.3) is 0 Å². The Hall–Kier alpha value is -1.55. The SMILES string of the molecule is CCN(CC)C[C@H](Nc1ccccc1)C(=O)OC. The molecule has 1 atom stereocenters. The zero-order valence-electron chi connectivity index (χ0n) is 11.3. The number of benzene rings is 1. The zero-order chi connectivity index (χ0) is 13.4. The van der Waals surface area contributed by atoms with Gasteiger partial charge in [-0.1, -0.05) is 32.0 Å². The van der Waals surface area contributed by atoms with E-state index in [0.717, 1.165) is 18.8 Å². The Kier molecular flexibility index (Phi) is 6.22. The van der Waals surface area contributed by atoms with Crippen LogP contribution in [-0.4, -0.2) is 43.7 Å². The predicted octanol–water partition coefficient (Wildman–Crippen LogP) is 1.98. The van der Waals surface area contributed by atoms with Crippen molar-refractivity contribution in [3.63, 3.8) is 0 Å². The van der Waals surface area contributed by atoms with E-state index in [0.29, 0.717) is 6.54 Å². The number of hydrogen-bond acceptors (Lipinski definition) is 4. The van der Waals surface area contributed by atoms with Gasteiger partial charge in [0.15, 0.2) is 0 Å². The van der Waals surface area contributed by atoms with Crippen molar-refractivity contribution in [2.75, 3.05) is 32.1 Å². The molecule has 0 unspecified atom stereocenters. The average molecular weight is 250 g/mol. The van der Waals surface area contributed by atoms with Crippen molar-refractivity contribution < 1.29 is 9.53 Å². The van der Waals surface area contributed by atoms with Crippen LogP contribution in [-0.2, 0) is 9.53 Å². The Morgan fingerprint density at radius 1 is 1.28 bits per heavy atom. The molecule has 0 aromatic heterocycles. The maximum absolute atomic E-state index is 11.8. The largest absolute Gasteiger partial charge is 0.467 e. The van der Waals surface area contributed by atoms with Crippen LogP contribution in [0.3, 0.4) is 0 Å². The first-order valence-electron chi connectivity index (χ1n) is 6.33. The van der Waals surface area contributed by atoms with E-state index in [-0.39, 0.29) is 12.0 Å². The minimum absolute atomic E-state index is 0.231. The summed E-state index contributed by atoms with van der Waals surface area (Å²) in [7, 11) is 1.42. The van der Waals surface area contributed by atoms with Gasteiger partial charge < -0.3 is 15.0 Å². The van der Waals surface area contributed by atoms with Gasteiger partial charge in [-0.3, -0.25) is 0 Å². The third-order valence-electron chi connectivity index (χ3n) is 2.94. The molecule has 4 nitrogen and oxygen atoms in total.